The fraction of sp³-hybridized carbons (Fsp3) is 0.467. The summed E-state index contributed by atoms with van der Waals surface area (Å²) in [4.78, 5) is 0. The predicted molar refractivity (Wildman–Crippen MR) is 82.1 cm³/mol. The van der Waals surface area contributed by atoms with Crippen LogP contribution >= 0.6 is 15.9 Å². The molecule has 3 heteroatoms. The molecule has 0 aliphatic rings. The van der Waals surface area contributed by atoms with E-state index < -0.39 is 0 Å². The molecule has 100 valence electrons. The van der Waals surface area contributed by atoms with Gasteiger partial charge in [-0.05, 0) is 38.1 Å². The lowest BCUT2D eigenvalue weighted by atomic mass is 10.1. The smallest absolute Gasteiger partial charge is 0.126 e. The predicted octanol–water partition coefficient (Wildman–Crippen LogP) is 4.25. The summed E-state index contributed by atoms with van der Waals surface area (Å²) in [5.41, 5.74) is 1.11. The van der Waals surface area contributed by atoms with Crippen LogP contribution in [0, 0.1) is 0 Å². The Kier molecular flexibility index (Phi) is 7.06. The molecule has 1 rings (SSSR count). The summed E-state index contributed by atoms with van der Waals surface area (Å²) < 4.78 is 6.81. The van der Waals surface area contributed by atoms with Crippen LogP contribution in [0.2, 0.25) is 0 Å². The Hall–Kier alpha value is -0.800. The molecule has 0 fully saturated rings. The van der Waals surface area contributed by atoms with Crippen molar-refractivity contribution in [1.29, 1.82) is 0 Å². The highest BCUT2D eigenvalue weighted by molar-refractivity contribution is 9.10. The highest BCUT2D eigenvalue weighted by atomic mass is 79.9. The van der Waals surface area contributed by atoms with E-state index in [9.17, 15) is 0 Å². The molecule has 0 aliphatic heterocycles. The lowest BCUT2D eigenvalue weighted by Gasteiger charge is -2.10. The standard InChI is InChI=1S/C15H22BrNO/c1-4-10-18-15-9-8-14(16)11-13(15)7-6-12(3)17-5-2/h6-9,11-12,17H,4-5,10H2,1-3H3/b7-6+. The molecule has 0 saturated heterocycles. The Labute approximate surface area is 119 Å². The third-order valence-corrected chi connectivity index (χ3v) is 3.02. The first kappa shape index (κ1) is 15.3. The summed E-state index contributed by atoms with van der Waals surface area (Å²) >= 11 is 3.50. The average Bonchev–Trinajstić information content (AvgIpc) is 2.35. The molecule has 1 N–H and O–H groups in total. The van der Waals surface area contributed by atoms with E-state index in [2.05, 4.69) is 60.2 Å². The van der Waals surface area contributed by atoms with Gasteiger partial charge in [0.25, 0.3) is 0 Å². The number of benzene rings is 1. The number of ether oxygens (including phenoxy) is 1. The molecule has 0 radical (unpaired) electrons. The fourth-order valence-electron chi connectivity index (χ4n) is 1.63. The van der Waals surface area contributed by atoms with Gasteiger partial charge < -0.3 is 10.1 Å². The van der Waals surface area contributed by atoms with E-state index in [4.69, 9.17) is 4.74 Å². The van der Waals surface area contributed by atoms with Gasteiger partial charge in [0.05, 0.1) is 6.61 Å². The van der Waals surface area contributed by atoms with E-state index in [-0.39, 0.29) is 0 Å². The number of hydrogen-bond acceptors (Lipinski definition) is 2. The molecule has 18 heavy (non-hydrogen) atoms. The van der Waals surface area contributed by atoms with Gasteiger partial charge in [-0.1, -0.05) is 41.9 Å². The van der Waals surface area contributed by atoms with Gasteiger partial charge in [-0.15, -0.1) is 0 Å². The quantitative estimate of drug-likeness (QED) is 0.813. The minimum Gasteiger partial charge on any atom is -0.493 e. The normalized spacial score (nSPS) is 12.9. The van der Waals surface area contributed by atoms with Gasteiger partial charge in [0, 0.05) is 16.1 Å². The Morgan fingerprint density at radius 3 is 2.83 bits per heavy atom. The van der Waals surface area contributed by atoms with E-state index in [1.165, 1.54) is 0 Å². The van der Waals surface area contributed by atoms with E-state index in [0.717, 1.165) is 35.4 Å². The number of likely N-dealkylation sites (N-methyl/N-ethyl adjacent to an activating group) is 1. The van der Waals surface area contributed by atoms with Crippen molar-refractivity contribution in [2.24, 2.45) is 0 Å². The van der Waals surface area contributed by atoms with Gasteiger partial charge in [0.15, 0.2) is 0 Å². The zero-order chi connectivity index (χ0) is 13.4. The van der Waals surface area contributed by atoms with Gasteiger partial charge >= 0.3 is 0 Å². The molecule has 2 nitrogen and oxygen atoms in total. The van der Waals surface area contributed by atoms with Crippen LogP contribution in [-0.2, 0) is 0 Å². The summed E-state index contributed by atoms with van der Waals surface area (Å²) in [7, 11) is 0. The second kappa shape index (κ2) is 8.33. The maximum Gasteiger partial charge on any atom is 0.126 e. The molecule has 0 amide bonds. The molecule has 0 bridgehead atoms. The molecule has 0 aromatic heterocycles. The Morgan fingerprint density at radius 1 is 1.39 bits per heavy atom. The summed E-state index contributed by atoms with van der Waals surface area (Å²) in [6.45, 7) is 8.10. The zero-order valence-electron chi connectivity index (χ0n) is 11.4. The van der Waals surface area contributed by atoms with Crippen molar-refractivity contribution in [3.8, 4) is 5.75 Å². The lowest BCUT2D eigenvalue weighted by Crippen LogP contribution is -2.22. The van der Waals surface area contributed by atoms with Gasteiger partial charge in [-0.2, -0.15) is 0 Å². The van der Waals surface area contributed by atoms with Crippen molar-refractivity contribution in [2.45, 2.75) is 33.2 Å². The largest absolute Gasteiger partial charge is 0.493 e. The first-order valence-electron chi connectivity index (χ1n) is 6.51. The lowest BCUT2D eigenvalue weighted by molar-refractivity contribution is 0.316. The first-order valence-corrected chi connectivity index (χ1v) is 7.30. The van der Waals surface area contributed by atoms with E-state index >= 15 is 0 Å². The van der Waals surface area contributed by atoms with Crippen LogP contribution in [0.3, 0.4) is 0 Å². The molecule has 0 aliphatic carbocycles. The van der Waals surface area contributed by atoms with Gasteiger partial charge in [-0.3, -0.25) is 0 Å². The van der Waals surface area contributed by atoms with Crippen LogP contribution < -0.4 is 10.1 Å². The molecule has 0 saturated carbocycles. The van der Waals surface area contributed by atoms with Crippen LogP contribution in [0.4, 0.5) is 0 Å². The van der Waals surface area contributed by atoms with Crippen molar-refractivity contribution in [3.63, 3.8) is 0 Å². The first-order chi connectivity index (χ1) is 8.67. The number of halogens is 1. The van der Waals surface area contributed by atoms with Crippen molar-refractivity contribution < 1.29 is 4.74 Å². The number of nitrogens with one attached hydrogen (secondary N) is 1. The maximum atomic E-state index is 5.74. The highest BCUT2D eigenvalue weighted by Crippen LogP contribution is 2.24. The Balaban J connectivity index is 2.81. The van der Waals surface area contributed by atoms with Crippen molar-refractivity contribution in [3.05, 3.63) is 34.3 Å². The van der Waals surface area contributed by atoms with E-state index in [1.807, 2.05) is 12.1 Å². The third-order valence-electron chi connectivity index (χ3n) is 2.52. The van der Waals surface area contributed by atoms with Gasteiger partial charge in [0.1, 0.15) is 5.75 Å². The zero-order valence-corrected chi connectivity index (χ0v) is 13.0. The summed E-state index contributed by atoms with van der Waals surface area (Å²) in [5, 5.41) is 3.35. The average molecular weight is 312 g/mol. The molecular formula is C15H22BrNO. The minimum atomic E-state index is 0.369. The van der Waals surface area contributed by atoms with Gasteiger partial charge in [-0.25, -0.2) is 0 Å². The van der Waals surface area contributed by atoms with Crippen molar-refractivity contribution in [2.75, 3.05) is 13.2 Å². The minimum absolute atomic E-state index is 0.369. The SMILES string of the molecule is CCCOc1ccc(Br)cc1/C=C/C(C)NCC. The molecular weight excluding hydrogens is 290 g/mol. The second-order valence-corrected chi connectivity index (χ2v) is 5.15. The fourth-order valence-corrected chi connectivity index (χ4v) is 2.01. The van der Waals surface area contributed by atoms with E-state index in [0.29, 0.717) is 6.04 Å². The van der Waals surface area contributed by atoms with Crippen LogP contribution in [-0.4, -0.2) is 19.2 Å². The van der Waals surface area contributed by atoms with Crippen LogP contribution in [0.15, 0.2) is 28.7 Å². The highest BCUT2D eigenvalue weighted by Gasteiger charge is 2.02. The van der Waals surface area contributed by atoms with Crippen molar-refractivity contribution >= 4 is 22.0 Å². The number of rotatable bonds is 7. The molecule has 1 unspecified atom stereocenters. The Bertz CT molecular complexity index is 390. The summed E-state index contributed by atoms with van der Waals surface area (Å²) in [5.74, 6) is 0.944. The van der Waals surface area contributed by atoms with Crippen molar-refractivity contribution in [1.82, 2.24) is 5.32 Å². The molecule has 1 atom stereocenters. The molecule has 1 aromatic carbocycles. The summed E-state index contributed by atoms with van der Waals surface area (Å²) in [6.07, 6.45) is 5.29. The van der Waals surface area contributed by atoms with Gasteiger partial charge in [0.2, 0.25) is 0 Å². The van der Waals surface area contributed by atoms with Crippen LogP contribution in [0.5, 0.6) is 5.75 Å². The van der Waals surface area contributed by atoms with Crippen LogP contribution in [0.1, 0.15) is 32.8 Å². The number of hydrogen-bond donors (Lipinski definition) is 1. The third kappa shape index (κ3) is 5.23. The monoisotopic (exact) mass is 311 g/mol. The topological polar surface area (TPSA) is 21.3 Å². The molecule has 0 heterocycles. The molecule has 1 aromatic rings. The summed E-state index contributed by atoms with van der Waals surface area (Å²) in [6, 6.07) is 6.47. The second-order valence-electron chi connectivity index (χ2n) is 4.24. The molecule has 0 spiro atoms. The van der Waals surface area contributed by atoms with Crippen LogP contribution in [0.25, 0.3) is 6.08 Å². The maximum absolute atomic E-state index is 5.74. The Morgan fingerprint density at radius 2 is 2.17 bits per heavy atom. The van der Waals surface area contributed by atoms with E-state index in [1.54, 1.807) is 0 Å².